The molecule has 1 aromatic heterocycles. The summed E-state index contributed by atoms with van der Waals surface area (Å²) >= 11 is 6.18. The molecule has 78 valence electrons. The van der Waals surface area contributed by atoms with E-state index in [1.165, 1.54) is 6.42 Å². The molecule has 1 N–H and O–H groups in total. The van der Waals surface area contributed by atoms with Gasteiger partial charge in [-0.25, -0.2) is 0 Å². The Morgan fingerprint density at radius 3 is 2.50 bits per heavy atom. The summed E-state index contributed by atoms with van der Waals surface area (Å²) in [6, 6.07) is 0. The van der Waals surface area contributed by atoms with Crippen LogP contribution in [0.1, 0.15) is 30.5 Å². The van der Waals surface area contributed by atoms with Gasteiger partial charge in [0.25, 0.3) is 0 Å². The first-order valence-electron chi connectivity index (χ1n) is 4.91. The van der Waals surface area contributed by atoms with Gasteiger partial charge in [0, 0.05) is 18.0 Å². The molecule has 0 aliphatic heterocycles. The molecule has 1 aromatic rings. The van der Waals surface area contributed by atoms with E-state index >= 15 is 0 Å². The van der Waals surface area contributed by atoms with Crippen LogP contribution in [0.3, 0.4) is 0 Å². The Labute approximate surface area is 88.7 Å². The molecule has 0 spiro atoms. The number of halogens is 1. The largest absolute Gasteiger partial charge is 0.395 e. The van der Waals surface area contributed by atoms with Gasteiger partial charge in [0.2, 0.25) is 0 Å². The van der Waals surface area contributed by atoms with Crippen molar-refractivity contribution in [1.82, 2.24) is 9.78 Å². The zero-order valence-corrected chi connectivity index (χ0v) is 9.30. The van der Waals surface area contributed by atoms with Gasteiger partial charge in [0.15, 0.2) is 0 Å². The molecule has 0 amide bonds. The summed E-state index contributed by atoms with van der Waals surface area (Å²) in [6.45, 7) is 2.14. The number of aliphatic hydroxyl groups is 1. The maximum atomic E-state index is 9.45. The summed E-state index contributed by atoms with van der Waals surface area (Å²) < 4.78 is 1.68. The van der Waals surface area contributed by atoms with Crippen molar-refractivity contribution < 1.29 is 5.11 Å². The van der Waals surface area contributed by atoms with Crippen LogP contribution in [0.5, 0.6) is 0 Å². The maximum Gasteiger partial charge on any atom is 0.130 e. The van der Waals surface area contributed by atoms with Crippen LogP contribution in [0.15, 0.2) is 0 Å². The van der Waals surface area contributed by atoms with Crippen molar-refractivity contribution in [3.63, 3.8) is 0 Å². The standard InChI is InChI=1S/C10H15ClN2O/c1-7-8(9(11)13(2)12-7)10(6-14)4-3-5-10/h14H,3-6H2,1-2H3. The smallest absolute Gasteiger partial charge is 0.130 e. The fraction of sp³-hybridized carbons (Fsp3) is 0.700. The first-order valence-corrected chi connectivity index (χ1v) is 5.29. The molecule has 0 radical (unpaired) electrons. The lowest BCUT2D eigenvalue weighted by molar-refractivity contribution is 0.119. The van der Waals surface area contributed by atoms with Gasteiger partial charge in [-0.1, -0.05) is 18.0 Å². The van der Waals surface area contributed by atoms with Gasteiger partial charge in [-0.15, -0.1) is 0 Å². The Bertz CT molecular complexity index is 350. The van der Waals surface area contributed by atoms with E-state index in [1.54, 1.807) is 4.68 Å². The van der Waals surface area contributed by atoms with Crippen molar-refractivity contribution in [2.45, 2.75) is 31.6 Å². The van der Waals surface area contributed by atoms with Crippen molar-refractivity contribution in [2.24, 2.45) is 7.05 Å². The molecule has 0 aromatic carbocycles. The van der Waals surface area contributed by atoms with Crippen molar-refractivity contribution in [3.05, 3.63) is 16.4 Å². The molecule has 2 rings (SSSR count). The van der Waals surface area contributed by atoms with E-state index in [0.717, 1.165) is 24.1 Å². The number of hydrogen-bond donors (Lipinski definition) is 1. The van der Waals surface area contributed by atoms with Gasteiger partial charge >= 0.3 is 0 Å². The molecule has 0 saturated heterocycles. The Balaban J connectivity index is 2.49. The zero-order chi connectivity index (χ0) is 10.3. The van der Waals surface area contributed by atoms with Crippen LogP contribution in [0.4, 0.5) is 0 Å². The molecule has 0 unspecified atom stereocenters. The molecule has 1 aliphatic carbocycles. The molecule has 1 saturated carbocycles. The molecular weight excluding hydrogens is 200 g/mol. The third-order valence-corrected chi connectivity index (χ3v) is 3.73. The van der Waals surface area contributed by atoms with Gasteiger partial charge in [-0.3, -0.25) is 4.68 Å². The van der Waals surface area contributed by atoms with Gasteiger partial charge in [0.05, 0.1) is 12.3 Å². The third kappa shape index (κ3) is 1.19. The van der Waals surface area contributed by atoms with Gasteiger partial charge in [-0.05, 0) is 19.8 Å². The van der Waals surface area contributed by atoms with Gasteiger partial charge < -0.3 is 5.11 Å². The predicted molar refractivity (Wildman–Crippen MR) is 55.6 cm³/mol. The van der Waals surface area contributed by atoms with E-state index < -0.39 is 0 Å². The van der Waals surface area contributed by atoms with Crippen LogP contribution >= 0.6 is 11.6 Å². The summed E-state index contributed by atoms with van der Waals surface area (Å²) in [6.07, 6.45) is 3.22. The summed E-state index contributed by atoms with van der Waals surface area (Å²) in [5.41, 5.74) is 1.90. The topological polar surface area (TPSA) is 38.0 Å². The number of rotatable bonds is 2. The lowest BCUT2D eigenvalue weighted by Gasteiger charge is -2.40. The molecule has 1 heterocycles. The van der Waals surface area contributed by atoms with Crippen molar-refractivity contribution in [3.8, 4) is 0 Å². The Kier molecular flexibility index (Phi) is 2.32. The minimum atomic E-state index is -0.102. The predicted octanol–water partition coefficient (Wildman–Crippen LogP) is 1.80. The molecule has 0 atom stereocenters. The molecule has 3 nitrogen and oxygen atoms in total. The minimum absolute atomic E-state index is 0.102. The fourth-order valence-corrected chi connectivity index (χ4v) is 2.70. The highest BCUT2D eigenvalue weighted by Gasteiger charge is 2.42. The van der Waals surface area contributed by atoms with Crippen molar-refractivity contribution >= 4 is 11.6 Å². The second-order valence-corrected chi connectivity index (χ2v) is 4.52. The summed E-state index contributed by atoms with van der Waals surface area (Å²) in [5.74, 6) is 0. The van der Waals surface area contributed by atoms with Gasteiger partial charge in [0.1, 0.15) is 5.15 Å². The highest BCUT2D eigenvalue weighted by Crippen LogP contribution is 2.46. The Morgan fingerprint density at radius 1 is 1.57 bits per heavy atom. The lowest BCUT2D eigenvalue weighted by atomic mass is 9.65. The molecule has 0 bridgehead atoms. The Hall–Kier alpha value is -0.540. The minimum Gasteiger partial charge on any atom is -0.395 e. The van der Waals surface area contributed by atoms with Crippen LogP contribution in [0, 0.1) is 6.92 Å². The van der Waals surface area contributed by atoms with Crippen molar-refractivity contribution in [2.75, 3.05) is 6.61 Å². The highest BCUT2D eigenvalue weighted by atomic mass is 35.5. The van der Waals surface area contributed by atoms with E-state index in [0.29, 0.717) is 5.15 Å². The summed E-state index contributed by atoms with van der Waals surface area (Å²) in [4.78, 5) is 0. The van der Waals surface area contributed by atoms with Crippen LogP contribution in [0.25, 0.3) is 0 Å². The SMILES string of the molecule is Cc1nn(C)c(Cl)c1C1(CO)CCC1. The first-order chi connectivity index (χ1) is 6.60. The normalized spacial score (nSPS) is 19.4. The maximum absolute atomic E-state index is 9.45. The highest BCUT2D eigenvalue weighted by molar-refractivity contribution is 6.30. The second kappa shape index (κ2) is 3.24. The molecule has 14 heavy (non-hydrogen) atoms. The van der Waals surface area contributed by atoms with Crippen molar-refractivity contribution in [1.29, 1.82) is 0 Å². The zero-order valence-electron chi connectivity index (χ0n) is 8.55. The average Bonchev–Trinajstić information content (AvgIpc) is 2.31. The van der Waals surface area contributed by atoms with Crippen LogP contribution in [-0.4, -0.2) is 21.5 Å². The van der Waals surface area contributed by atoms with Crippen LogP contribution < -0.4 is 0 Å². The van der Waals surface area contributed by atoms with E-state index in [2.05, 4.69) is 5.10 Å². The number of aliphatic hydroxyl groups excluding tert-OH is 1. The molecule has 1 fully saturated rings. The van der Waals surface area contributed by atoms with Crippen LogP contribution in [-0.2, 0) is 12.5 Å². The number of aryl methyl sites for hydroxylation is 2. The molecular formula is C10H15ClN2O. The molecule has 1 aliphatic rings. The second-order valence-electron chi connectivity index (χ2n) is 4.17. The molecule has 4 heteroatoms. The first kappa shape index (κ1) is 9.99. The van der Waals surface area contributed by atoms with E-state index in [-0.39, 0.29) is 12.0 Å². The average molecular weight is 215 g/mol. The fourth-order valence-electron chi connectivity index (χ4n) is 2.32. The summed E-state index contributed by atoms with van der Waals surface area (Å²) in [5, 5.41) is 14.4. The lowest BCUT2D eigenvalue weighted by Crippen LogP contribution is -2.38. The third-order valence-electron chi connectivity index (χ3n) is 3.30. The van der Waals surface area contributed by atoms with E-state index in [9.17, 15) is 5.11 Å². The van der Waals surface area contributed by atoms with Crippen LogP contribution in [0.2, 0.25) is 5.15 Å². The van der Waals surface area contributed by atoms with E-state index in [1.807, 2.05) is 14.0 Å². The summed E-state index contributed by atoms with van der Waals surface area (Å²) in [7, 11) is 1.84. The quantitative estimate of drug-likeness (QED) is 0.815. The number of aromatic nitrogens is 2. The number of nitrogens with zero attached hydrogens (tertiary/aromatic N) is 2. The monoisotopic (exact) mass is 214 g/mol. The Morgan fingerprint density at radius 2 is 2.21 bits per heavy atom. The number of hydrogen-bond acceptors (Lipinski definition) is 2. The van der Waals surface area contributed by atoms with Gasteiger partial charge in [-0.2, -0.15) is 5.10 Å². The van der Waals surface area contributed by atoms with E-state index in [4.69, 9.17) is 11.6 Å².